The topological polar surface area (TPSA) is 34.1 Å². The molecule has 1 rings (SSSR count). The highest BCUT2D eigenvalue weighted by Crippen LogP contribution is 2.10. The van der Waals surface area contributed by atoms with E-state index in [9.17, 15) is 0 Å². The molecule has 0 fully saturated rings. The maximum atomic E-state index is 5.70. The SMILES string of the molecule is CCCCCCCOc1ccc(CNCC(C)C)nc1. The fourth-order valence-electron chi connectivity index (χ4n) is 1.99. The molecule has 1 aromatic heterocycles. The summed E-state index contributed by atoms with van der Waals surface area (Å²) in [5, 5.41) is 3.39. The molecule has 20 heavy (non-hydrogen) atoms. The predicted octanol–water partition coefficient (Wildman–Crippen LogP) is 4.18. The molecule has 0 aliphatic carbocycles. The van der Waals surface area contributed by atoms with E-state index in [0.29, 0.717) is 5.92 Å². The Morgan fingerprint density at radius 1 is 1.15 bits per heavy atom. The van der Waals surface area contributed by atoms with E-state index in [1.165, 1.54) is 25.7 Å². The fraction of sp³-hybridized carbons (Fsp3) is 0.706. The number of hydrogen-bond donors (Lipinski definition) is 1. The van der Waals surface area contributed by atoms with Crippen LogP contribution in [0.1, 0.15) is 58.6 Å². The highest BCUT2D eigenvalue weighted by Gasteiger charge is 1.98. The van der Waals surface area contributed by atoms with E-state index in [1.807, 2.05) is 18.3 Å². The van der Waals surface area contributed by atoms with Crippen molar-refractivity contribution in [3.8, 4) is 5.75 Å². The third kappa shape index (κ3) is 8.16. The molecule has 1 heterocycles. The predicted molar refractivity (Wildman–Crippen MR) is 85.0 cm³/mol. The monoisotopic (exact) mass is 278 g/mol. The molecular formula is C17H30N2O. The Labute approximate surface area is 124 Å². The largest absolute Gasteiger partial charge is 0.492 e. The van der Waals surface area contributed by atoms with E-state index < -0.39 is 0 Å². The highest BCUT2D eigenvalue weighted by molar-refractivity contribution is 5.19. The molecule has 0 atom stereocenters. The van der Waals surface area contributed by atoms with Crippen molar-refractivity contribution in [2.45, 2.75) is 59.4 Å². The van der Waals surface area contributed by atoms with E-state index in [-0.39, 0.29) is 0 Å². The molecular weight excluding hydrogens is 248 g/mol. The van der Waals surface area contributed by atoms with Crippen molar-refractivity contribution in [1.82, 2.24) is 10.3 Å². The van der Waals surface area contributed by atoms with Gasteiger partial charge in [-0.15, -0.1) is 0 Å². The zero-order valence-electron chi connectivity index (χ0n) is 13.3. The Hall–Kier alpha value is -1.09. The van der Waals surface area contributed by atoms with Gasteiger partial charge in [-0.2, -0.15) is 0 Å². The van der Waals surface area contributed by atoms with Gasteiger partial charge in [0.25, 0.3) is 0 Å². The third-order valence-corrected chi connectivity index (χ3v) is 3.17. The van der Waals surface area contributed by atoms with Gasteiger partial charge in [0.05, 0.1) is 18.5 Å². The summed E-state index contributed by atoms with van der Waals surface area (Å²) in [7, 11) is 0. The van der Waals surface area contributed by atoms with Crippen LogP contribution in [-0.2, 0) is 6.54 Å². The van der Waals surface area contributed by atoms with E-state index in [2.05, 4.69) is 31.1 Å². The second-order valence-corrected chi connectivity index (χ2v) is 5.77. The molecule has 0 spiro atoms. The second-order valence-electron chi connectivity index (χ2n) is 5.77. The molecule has 0 bridgehead atoms. The summed E-state index contributed by atoms with van der Waals surface area (Å²) in [5.41, 5.74) is 1.07. The lowest BCUT2D eigenvalue weighted by molar-refractivity contribution is 0.303. The van der Waals surface area contributed by atoms with Gasteiger partial charge in [-0.1, -0.05) is 46.5 Å². The van der Waals surface area contributed by atoms with Gasteiger partial charge < -0.3 is 10.1 Å². The van der Waals surface area contributed by atoms with Gasteiger partial charge in [0.15, 0.2) is 0 Å². The number of rotatable bonds is 11. The molecule has 3 nitrogen and oxygen atoms in total. The first-order valence-corrected chi connectivity index (χ1v) is 8.00. The van der Waals surface area contributed by atoms with Gasteiger partial charge in [-0.3, -0.25) is 4.98 Å². The lowest BCUT2D eigenvalue weighted by Crippen LogP contribution is -2.19. The quantitative estimate of drug-likeness (QED) is 0.617. The maximum Gasteiger partial charge on any atom is 0.137 e. The molecule has 0 aliphatic heterocycles. The average molecular weight is 278 g/mol. The van der Waals surface area contributed by atoms with Crippen LogP contribution in [0.25, 0.3) is 0 Å². The van der Waals surface area contributed by atoms with Crippen molar-refractivity contribution in [3.05, 3.63) is 24.0 Å². The first kappa shape index (κ1) is 17.0. The number of nitrogens with zero attached hydrogens (tertiary/aromatic N) is 1. The normalized spacial score (nSPS) is 11.0. The zero-order chi connectivity index (χ0) is 14.6. The summed E-state index contributed by atoms with van der Waals surface area (Å²) >= 11 is 0. The van der Waals surface area contributed by atoms with Crippen molar-refractivity contribution >= 4 is 0 Å². The van der Waals surface area contributed by atoms with Crippen molar-refractivity contribution in [3.63, 3.8) is 0 Å². The summed E-state index contributed by atoms with van der Waals surface area (Å²) in [4.78, 5) is 4.42. The van der Waals surface area contributed by atoms with Crippen LogP contribution in [0.5, 0.6) is 5.75 Å². The number of ether oxygens (including phenoxy) is 1. The number of nitrogens with one attached hydrogen (secondary N) is 1. The minimum Gasteiger partial charge on any atom is -0.492 e. The van der Waals surface area contributed by atoms with Gasteiger partial charge in [0.1, 0.15) is 5.75 Å². The Balaban J connectivity index is 2.15. The summed E-state index contributed by atoms with van der Waals surface area (Å²) in [5.74, 6) is 1.55. The molecule has 114 valence electrons. The van der Waals surface area contributed by atoms with Crippen molar-refractivity contribution in [2.24, 2.45) is 5.92 Å². The molecule has 0 saturated heterocycles. The first-order valence-electron chi connectivity index (χ1n) is 8.00. The molecule has 0 amide bonds. The molecule has 0 unspecified atom stereocenters. The Kier molecular flexibility index (Phi) is 9.05. The summed E-state index contributed by atoms with van der Waals surface area (Å²) in [6.07, 6.45) is 8.17. The molecule has 3 heteroatoms. The van der Waals surface area contributed by atoms with Crippen molar-refractivity contribution < 1.29 is 4.74 Å². The minimum atomic E-state index is 0.672. The zero-order valence-corrected chi connectivity index (χ0v) is 13.3. The van der Waals surface area contributed by atoms with Gasteiger partial charge in [0, 0.05) is 6.54 Å². The number of pyridine rings is 1. The van der Waals surface area contributed by atoms with Gasteiger partial charge in [-0.05, 0) is 31.0 Å². The lowest BCUT2D eigenvalue weighted by atomic mass is 10.2. The fourth-order valence-corrected chi connectivity index (χ4v) is 1.99. The van der Waals surface area contributed by atoms with E-state index >= 15 is 0 Å². The van der Waals surface area contributed by atoms with Crippen LogP contribution < -0.4 is 10.1 Å². The Morgan fingerprint density at radius 3 is 2.60 bits per heavy atom. The summed E-state index contributed by atoms with van der Waals surface area (Å²) in [6.45, 7) is 9.30. The van der Waals surface area contributed by atoms with Crippen LogP contribution in [0.4, 0.5) is 0 Å². The van der Waals surface area contributed by atoms with Crippen LogP contribution >= 0.6 is 0 Å². The smallest absolute Gasteiger partial charge is 0.137 e. The van der Waals surface area contributed by atoms with E-state index in [1.54, 1.807) is 0 Å². The molecule has 0 aromatic carbocycles. The average Bonchev–Trinajstić information content (AvgIpc) is 2.44. The second kappa shape index (κ2) is 10.7. The lowest BCUT2D eigenvalue weighted by Gasteiger charge is -2.08. The van der Waals surface area contributed by atoms with Gasteiger partial charge in [0.2, 0.25) is 0 Å². The number of aromatic nitrogens is 1. The Bertz CT molecular complexity index is 335. The molecule has 0 saturated carbocycles. The minimum absolute atomic E-state index is 0.672. The maximum absolute atomic E-state index is 5.70. The van der Waals surface area contributed by atoms with Gasteiger partial charge >= 0.3 is 0 Å². The van der Waals surface area contributed by atoms with Crippen LogP contribution in [0, 0.1) is 5.92 Å². The molecule has 0 radical (unpaired) electrons. The number of hydrogen-bond acceptors (Lipinski definition) is 3. The highest BCUT2D eigenvalue weighted by atomic mass is 16.5. The van der Waals surface area contributed by atoms with Crippen LogP contribution in [0.3, 0.4) is 0 Å². The Morgan fingerprint density at radius 2 is 1.95 bits per heavy atom. The van der Waals surface area contributed by atoms with Crippen molar-refractivity contribution in [2.75, 3.05) is 13.2 Å². The molecule has 1 aromatic rings. The van der Waals surface area contributed by atoms with Crippen LogP contribution in [0.2, 0.25) is 0 Å². The summed E-state index contributed by atoms with van der Waals surface area (Å²) < 4.78 is 5.70. The van der Waals surface area contributed by atoms with Crippen LogP contribution in [-0.4, -0.2) is 18.1 Å². The van der Waals surface area contributed by atoms with Gasteiger partial charge in [-0.25, -0.2) is 0 Å². The first-order chi connectivity index (χ1) is 9.72. The van der Waals surface area contributed by atoms with E-state index in [0.717, 1.165) is 37.6 Å². The molecule has 1 N–H and O–H groups in total. The standard InChI is InChI=1S/C17H30N2O/c1-4-5-6-7-8-11-20-17-10-9-16(19-14-17)13-18-12-15(2)3/h9-10,14-15,18H,4-8,11-13H2,1-3H3. The third-order valence-electron chi connectivity index (χ3n) is 3.17. The van der Waals surface area contributed by atoms with Crippen LogP contribution in [0.15, 0.2) is 18.3 Å². The number of unbranched alkanes of at least 4 members (excludes halogenated alkanes) is 4. The molecule has 0 aliphatic rings. The summed E-state index contributed by atoms with van der Waals surface area (Å²) in [6, 6.07) is 4.06. The van der Waals surface area contributed by atoms with Crippen molar-refractivity contribution in [1.29, 1.82) is 0 Å². The van der Waals surface area contributed by atoms with E-state index in [4.69, 9.17) is 4.74 Å².